The highest BCUT2D eigenvalue weighted by Crippen LogP contribution is 2.55. The number of carbonyl (C=O) groups is 3. The van der Waals surface area contributed by atoms with Crippen LogP contribution in [0.5, 0.6) is 5.75 Å². The van der Waals surface area contributed by atoms with Crippen molar-refractivity contribution < 1.29 is 43.6 Å². The van der Waals surface area contributed by atoms with Crippen LogP contribution < -0.4 is 15.5 Å². The Balaban J connectivity index is 1.23. The summed E-state index contributed by atoms with van der Waals surface area (Å²) in [6.45, 7) is 3.11. The predicted octanol–water partition coefficient (Wildman–Crippen LogP) is 2.75. The number of aliphatic hydroxyl groups is 3. The summed E-state index contributed by atoms with van der Waals surface area (Å²) in [5, 5.41) is 46.7. The maximum Gasteiger partial charge on any atom is 0.255 e. The predicted molar refractivity (Wildman–Crippen MR) is 190 cm³/mol. The molecule has 1 aliphatic heterocycles. The third-order valence-electron chi connectivity index (χ3n) is 11.1. The van der Waals surface area contributed by atoms with Crippen molar-refractivity contribution in [1.82, 2.24) is 9.80 Å². The average Bonchev–Trinajstić information content (AvgIpc) is 3.54. The maximum absolute atomic E-state index is 14.3. The number of Topliss-reactive ketones (excluding diaryl/α,β-unsaturated/α-hetero) is 2. The van der Waals surface area contributed by atoms with Crippen LogP contribution >= 0.6 is 0 Å². The quantitative estimate of drug-likeness (QED) is 0.226. The average molecular weight is 716 g/mol. The Morgan fingerprint density at radius 2 is 1.73 bits per heavy atom. The van der Waals surface area contributed by atoms with Crippen molar-refractivity contribution in [3.8, 4) is 17.1 Å². The van der Waals surface area contributed by atoms with Crippen LogP contribution in [0.2, 0.25) is 0 Å². The third-order valence-corrected chi connectivity index (χ3v) is 11.1. The molecule has 1 amide bonds. The zero-order valence-corrected chi connectivity index (χ0v) is 29.4. The number of phenols is 1. The first kappa shape index (κ1) is 35.2. The van der Waals surface area contributed by atoms with Gasteiger partial charge in [-0.25, -0.2) is 4.39 Å². The molecule has 13 nitrogen and oxygen atoms in total. The van der Waals surface area contributed by atoms with Gasteiger partial charge >= 0.3 is 0 Å². The Morgan fingerprint density at radius 1 is 1.04 bits per heavy atom. The number of furan rings is 1. The fourth-order valence-electron chi connectivity index (χ4n) is 8.56. The number of para-hydroxylation sites is 1. The number of halogens is 1. The van der Waals surface area contributed by atoms with Crippen molar-refractivity contribution >= 4 is 34.6 Å². The van der Waals surface area contributed by atoms with Gasteiger partial charge < -0.3 is 40.4 Å². The molecule has 7 rings (SSSR count). The molecular weight excluding hydrogens is 673 g/mol. The molecular formula is C38H42FN5O8. The second-order valence-corrected chi connectivity index (χ2v) is 14.5. The van der Waals surface area contributed by atoms with Crippen molar-refractivity contribution in [3.05, 3.63) is 82.1 Å². The molecule has 0 spiro atoms. The Kier molecular flexibility index (Phi) is 8.67. The number of fused-ring (bicyclic) bond motifs is 3. The lowest BCUT2D eigenvalue weighted by Crippen LogP contribution is -2.65. The van der Waals surface area contributed by atoms with E-state index in [-0.39, 0.29) is 41.1 Å². The molecule has 0 unspecified atom stereocenters. The Labute approximate surface area is 299 Å². The van der Waals surface area contributed by atoms with Gasteiger partial charge in [0.1, 0.15) is 40.2 Å². The normalized spacial score (nSPS) is 25.0. The number of ketones is 2. The molecule has 2 heterocycles. The molecule has 3 aliphatic carbocycles. The van der Waals surface area contributed by atoms with Gasteiger partial charge in [-0.15, -0.1) is 0 Å². The number of rotatable bonds is 7. The summed E-state index contributed by atoms with van der Waals surface area (Å²) in [6.07, 6.45) is 0.162. The molecule has 1 saturated carbocycles. The van der Waals surface area contributed by atoms with E-state index in [4.69, 9.17) is 10.2 Å². The van der Waals surface area contributed by atoms with Gasteiger partial charge in [0.25, 0.3) is 5.91 Å². The molecule has 4 aliphatic rings. The van der Waals surface area contributed by atoms with E-state index in [9.17, 15) is 39.2 Å². The van der Waals surface area contributed by atoms with E-state index in [1.807, 2.05) is 30.0 Å². The lowest BCUT2D eigenvalue weighted by molar-refractivity contribution is -0.153. The topological polar surface area (TPSA) is 184 Å². The summed E-state index contributed by atoms with van der Waals surface area (Å²) in [4.78, 5) is 47.5. The number of carbonyl (C=O) groups excluding carboxylic acids is 3. The van der Waals surface area contributed by atoms with E-state index in [2.05, 4.69) is 4.90 Å². The molecule has 4 atom stereocenters. The Hall–Kier alpha value is -5.18. The zero-order valence-electron chi connectivity index (χ0n) is 29.4. The number of amides is 1. The number of nitrogens with zero attached hydrogens (tertiary/aromatic N) is 4. The maximum atomic E-state index is 14.3. The minimum atomic E-state index is -2.72. The summed E-state index contributed by atoms with van der Waals surface area (Å²) in [5.74, 6) is -6.36. The second kappa shape index (κ2) is 12.8. The molecule has 6 N–H and O–H groups in total. The summed E-state index contributed by atoms with van der Waals surface area (Å²) < 4.78 is 20.6. The number of likely N-dealkylation sites (N-methyl/N-ethyl adjacent to an activating group) is 1. The van der Waals surface area contributed by atoms with Gasteiger partial charge in [0, 0.05) is 57.5 Å². The van der Waals surface area contributed by atoms with E-state index in [1.54, 1.807) is 44.4 Å². The molecule has 274 valence electrons. The van der Waals surface area contributed by atoms with Crippen LogP contribution in [0.4, 0.5) is 15.8 Å². The molecule has 3 aromatic rings. The minimum absolute atomic E-state index is 0.00274. The molecule has 2 aromatic carbocycles. The molecule has 1 aromatic heterocycles. The molecule has 0 bridgehead atoms. The standard InChI is InChI=1S/C38H42FN5O8/c1-41(2)26-17-22(27-10-9-20(52-27)18-43-11-13-44(14-12-43)25-8-6-5-7-24(25)39)32(45)29-21(26)15-19-16-23-31(42(3)4)34(47)30(37(40)50)36(49)38(23,51)35(48)28(19)33(29)46/h5-10,17,19,23,31,45-46,49,51H,11-16,18H2,1-4H3,(H2,40,50)/t19-,23-,31-,38+/m1/s1. The summed E-state index contributed by atoms with van der Waals surface area (Å²) in [6, 6.07) is 10.8. The van der Waals surface area contributed by atoms with Gasteiger partial charge in [-0.1, -0.05) is 12.1 Å². The summed E-state index contributed by atoms with van der Waals surface area (Å²) in [7, 11) is 6.74. The fraction of sp³-hybridized carbons (Fsp3) is 0.395. The van der Waals surface area contributed by atoms with Crippen LogP contribution in [0, 0.1) is 17.7 Å². The number of primary amides is 1. The van der Waals surface area contributed by atoms with Gasteiger partial charge in [-0.3, -0.25) is 24.2 Å². The third kappa shape index (κ3) is 5.35. The molecule has 0 radical (unpaired) electrons. The SMILES string of the molecule is CN(C)c1cc(-c2ccc(CN3CCN(c4ccccc4F)CC3)o2)c(O)c2c1C[C@@H]1C[C@@H]3[C@@H](N(C)C)C(=O)C(C(N)=O)=C(O)[C@@]3(O)C(=O)C1=C2O. The van der Waals surface area contributed by atoms with Gasteiger partial charge in [0.05, 0.1) is 29.4 Å². The van der Waals surface area contributed by atoms with Crippen LogP contribution in [0.25, 0.3) is 17.1 Å². The first-order valence-electron chi connectivity index (χ1n) is 17.2. The smallest absolute Gasteiger partial charge is 0.255 e. The largest absolute Gasteiger partial charge is 0.508 e. The van der Waals surface area contributed by atoms with E-state index in [0.29, 0.717) is 61.2 Å². The first-order valence-corrected chi connectivity index (χ1v) is 17.2. The number of phenolic OH excluding ortho intramolecular Hbond substituents is 1. The number of hydrogen-bond donors (Lipinski definition) is 5. The van der Waals surface area contributed by atoms with Gasteiger partial charge in [-0.2, -0.15) is 0 Å². The molecule has 14 heteroatoms. The lowest BCUT2D eigenvalue weighted by Gasteiger charge is -2.50. The van der Waals surface area contributed by atoms with E-state index < -0.39 is 58.0 Å². The van der Waals surface area contributed by atoms with Gasteiger partial charge in [-0.05, 0) is 68.8 Å². The Morgan fingerprint density at radius 3 is 2.37 bits per heavy atom. The number of piperazine rings is 1. The van der Waals surface area contributed by atoms with Gasteiger partial charge in [0.2, 0.25) is 5.78 Å². The van der Waals surface area contributed by atoms with E-state index in [1.165, 1.54) is 11.0 Å². The number of aromatic hydroxyl groups is 1. The van der Waals surface area contributed by atoms with Crippen molar-refractivity contribution in [2.45, 2.75) is 31.0 Å². The number of anilines is 2. The van der Waals surface area contributed by atoms with Crippen LogP contribution in [0.15, 0.2) is 63.8 Å². The number of aliphatic hydroxyl groups excluding tert-OH is 2. The highest BCUT2D eigenvalue weighted by molar-refractivity contribution is 6.24. The molecule has 2 fully saturated rings. The van der Waals surface area contributed by atoms with Gasteiger partial charge in [0.15, 0.2) is 11.4 Å². The second-order valence-electron chi connectivity index (χ2n) is 14.5. The van der Waals surface area contributed by atoms with Crippen molar-refractivity contribution in [2.24, 2.45) is 17.6 Å². The number of nitrogens with two attached hydrogens (primary N) is 1. The summed E-state index contributed by atoms with van der Waals surface area (Å²) >= 11 is 0. The van der Waals surface area contributed by atoms with Crippen LogP contribution in [-0.2, 0) is 27.3 Å². The highest BCUT2D eigenvalue weighted by Gasteiger charge is 2.64. The minimum Gasteiger partial charge on any atom is -0.508 e. The monoisotopic (exact) mass is 715 g/mol. The lowest BCUT2D eigenvalue weighted by atomic mass is 9.57. The van der Waals surface area contributed by atoms with Crippen LogP contribution in [0.3, 0.4) is 0 Å². The highest BCUT2D eigenvalue weighted by atomic mass is 19.1. The Bertz CT molecular complexity index is 2060. The van der Waals surface area contributed by atoms with Crippen molar-refractivity contribution in [2.75, 3.05) is 64.2 Å². The van der Waals surface area contributed by atoms with Crippen molar-refractivity contribution in [1.29, 1.82) is 0 Å². The van der Waals surface area contributed by atoms with E-state index in [0.717, 1.165) is 0 Å². The first-order chi connectivity index (χ1) is 24.6. The zero-order chi connectivity index (χ0) is 37.4. The van der Waals surface area contributed by atoms with Crippen LogP contribution in [0.1, 0.15) is 23.3 Å². The van der Waals surface area contributed by atoms with E-state index >= 15 is 0 Å². The van der Waals surface area contributed by atoms with Crippen LogP contribution in [-0.4, -0.2) is 114 Å². The molecule has 1 saturated heterocycles. The number of benzene rings is 2. The molecule has 52 heavy (non-hydrogen) atoms. The van der Waals surface area contributed by atoms with Crippen molar-refractivity contribution in [3.63, 3.8) is 0 Å². The summed E-state index contributed by atoms with van der Waals surface area (Å²) in [5.41, 5.74) is 3.65. The fourth-order valence-corrected chi connectivity index (χ4v) is 8.56. The number of hydrogen-bond acceptors (Lipinski definition) is 12.